The van der Waals surface area contributed by atoms with Crippen LogP contribution >= 0.6 is 0 Å². The number of sulfonamides is 1. The van der Waals surface area contributed by atoms with Gasteiger partial charge in [0.1, 0.15) is 17.3 Å². The van der Waals surface area contributed by atoms with E-state index in [2.05, 4.69) is 25.0 Å². The zero-order valence-corrected chi connectivity index (χ0v) is 25.1. The summed E-state index contributed by atoms with van der Waals surface area (Å²) in [5, 5.41) is 4.22. The molecule has 2 unspecified atom stereocenters. The summed E-state index contributed by atoms with van der Waals surface area (Å²) in [7, 11) is -3.54. The first-order valence-corrected chi connectivity index (χ1v) is 15.6. The topological polar surface area (TPSA) is 84.7 Å². The average molecular weight is 599 g/mol. The first-order valence-electron chi connectivity index (χ1n) is 14.0. The van der Waals surface area contributed by atoms with E-state index in [0.717, 1.165) is 22.9 Å². The van der Waals surface area contributed by atoms with Crippen molar-refractivity contribution in [2.45, 2.75) is 33.4 Å². The lowest BCUT2D eigenvalue weighted by Crippen LogP contribution is -2.49. The average Bonchev–Trinajstić information content (AvgIpc) is 3.44. The summed E-state index contributed by atoms with van der Waals surface area (Å²) < 4.78 is 62.8. The summed E-state index contributed by atoms with van der Waals surface area (Å²) >= 11 is 0. The van der Waals surface area contributed by atoms with E-state index in [-0.39, 0.29) is 48.2 Å². The smallest absolute Gasteiger partial charge is 0.316 e. The molecule has 0 amide bonds. The van der Waals surface area contributed by atoms with Gasteiger partial charge in [-0.2, -0.15) is 14.1 Å². The van der Waals surface area contributed by atoms with Gasteiger partial charge in [-0.3, -0.25) is 4.79 Å². The molecule has 3 aromatic rings. The number of aromatic nitrogens is 2. The van der Waals surface area contributed by atoms with Crippen LogP contribution in [0.15, 0.2) is 71.2 Å². The Morgan fingerprint density at radius 1 is 1.05 bits per heavy atom. The van der Waals surface area contributed by atoms with Crippen LogP contribution in [-0.2, 0) is 15.8 Å². The molecular weight excluding hydrogens is 562 g/mol. The Kier molecular flexibility index (Phi) is 8.26. The number of benzene rings is 2. The van der Waals surface area contributed by atoms with Crippen molar-refractivity contribution in [1.82, 2.24) is 14.1 Å². The molecule has 1 aliphatic heterocycles. The van der Waals surface area contributed by atoms with Crippen LogP contribution in [0.4, 0.5) is 14.5 Å². The highest BCUT2D eigenvalue weighted by molar-refractivity contribution is 7.88. The minimum absolute atomic E-state index is 0.00604. The van der Waals surface area contributed by atoms with Crippen molar-refractivity contribution in [2.75, 3.05) is 37.7 Å². The van der Waals surface area contributed by atoms with Crippen molar-refractivity contribution in [1.29, 1.82) is 0 Å². The Balaban J connectivity index is 1.41. The summed E-state index contributed by atoms with van der Waals surface area (Å²) in [4.78, 5) is 15.6. The van der Waals surface area contributed by atoms with E-state index in [9.17, 15) is 22.0 Å². The maximum atomic E-state index is 14.0. The monoisotopic (exact) mass is 598 g/mol. The molecule has 1 saturated heterocycles. The van der Waals surface area contributed by atoms with E-state index in [1.54, 1.807) is 12.1 Å². The number of anilines is 1. The predicted octanol–water partition coefficient (Wildman–Crippen LogP) is 4.78. The number of rotatable bonds is 9. The summed E-state index contributed by atoms with van der Waals surface area (Å²) in [6.45, 7) is 9.77. The van der Waals surface area contributed by atoms with Gasteiger partial charge in [0.2, 0.25) is 15.8 Å². The second-order valence-electron chi connectivity index (χ2n) is 11.8. The van der Waals surface area contributed by atoms with Crippen molar-refractivity contribution in [2.24, 2.45) is 17.3 Å². The van der Waals surface area contributed by atoms with E-state index < -0.39 is 27.2 Å². The van der Waals surface area contributed by atoms with E-state index in [1.807, 2.05) is 36.9 Å². The normalized spacial score (nSPS) is 20.3. The van der Waals surface area contributed by atoms with Crippen LogP contribution in [0.2, 0.25) is 0 Å². The number of hydrogen-bond acceptors (Lipinski definition) is 6. The van der Waals surface area contributed by atoms with Gasteiger partial charge in [-0.25, -0.2) is 17.2 Å². The van der Waals surface area contributed by atoms with Gasteiger partial charge in [-0.15, -0.1) is 0 Å². The van der Waals surface area contributed by atoms with Gasteiger partial charge in [0.05, 0.1) is 24.2 Å². The molecule has 2 fully saturated rings. The molecule has 5 rings (SSSR count). The molecule has 1 aliphatic carbocycles. The molecule has 0 radical (unpaired) electrons. The highest BCUT2D eigenvalue weighted by Crippen LogP contribution is 2.59. The van der Waals surface area contributed by atoms with Crippen LogP contribution in [0.3, 0.4) is 0 Å². The van der Waals surface area contributed by atoms with Crippen LogP contribution in [0.5, 0.6) is 5.75 Å². The van der Waals surface area contributed by atoms with Crippen LogP contribution in [0, 0.1) is 28.9 Å². The maximum absolute atomic E-state index is 14.0. The van der Waals surface area contributed by atoms with Crippen molar-refractivity contribution in [3.8, 4) is 11.4 Å². The Morgan fingerprint density at radius 2 is 1.69 bits per heavy atom. The molecule has 8 nitrogen and oxygen atoms in total. The summed E-state index contributed by atoms with van der Waals surface area (Å²) in [5.41, 5.74) is 1.63. The molecule has 1 saturated carbocycles. The fourth-order valence-corrected chi connectivity index (χ4v) is 7.20. The third-order valence-electron chi connectivity index (χ3n) is 8.23. The lowest BCUT2D eigenvalue weighted by atomic mass is 10.1. The molecule has 2 atom stereocenters. The standard InChI is InChI=1S/C31H36F2N4O4S/c1-21(2)14-26-27(31(26,3)4)19-41-29-28(18-34-37(30(29)38)25-16-23(32)15-24(33)17-25)35-10-12-36(13-11-35)42(39,40)20-22-8-6-5-7-9-22/h5-9,14-18,26-27H,10-13,19-20H2,1-4H3. The fourth-order valence-electron chi connectivity index (χ4n) is 5.69. The molecule has 11 heteroatoms. The number of allylic oxidation sites excluding steroid dienone is 2. The first kappa shape index (κ1) is 29.9. The van der Waals surface area contributed by atoms with Crippen LogP contribution in [0.25, 0.3) is 5.69 Å². The lowest BCUT2D eigenvalue weighted by molar-refractivity contribution is 0.272. The first-order chi connectivity index (χ1) is 19.9. The SMILES string of the molecule is CC(C)=CC1C(COc2c(N3CCN(S(=O)(=O)Cc4ccccc4)CC3)cnn(-c3cc(F)cc(F)c3)c2=O)C1(C)C. The van der Waals surface area contributed by atoms with E-state index in [4.69, 9.17) is 4.74 Å². The number of ether oxygens (including phenoxy) is 1. The fraction of sp³-hybridized carbons (Fsp3) is 0.419. The summed E-state index contributed by atoms with van der Waals surface area (Å²) in [6.07, 6.45) is 3.66. The van der Waals surface area contributed by atoms with Crippen LogP contribution < -0.4 is 15.2 Å². The number of halogens is 2. The molecule has 0 bridgehead atoms. The Labute approximate surface area is 245 Å². The Bertz CT molecular complexity index is 1620. The Hall–Kier alpha value is -3.57. The quantitative estimate of drug-likeness (QED) is 0.330. The number of nitrogens with zero attached hydrogens (tertiary/aromatic N) is 4. The van der Waals surface area contributed by atoms with Gasteiger partial charge < -0.3 is 9.64 Å². The van der Waals surface area contributed by atoms with Crippen LogP contribution in [-0.4, -0.2) is 55.3 Å². The highest BCUT2D eigenvalue weighted by atomic mass is 32.2. The second kappa shape index (κ2) is 11.6. The van der Waals surface area contributed by atoms with Gasteiger partial charge in [0, 0.05) is 38.2 Å². The zero-order valence-electron chi connectivity index (χ0n) is 24.3. The van der Waals surface area contributed by atoms with Gasteiger partial charge in [-0.1, -0.05) is 55.8 Å². The molecule has 42 heavy (non-hydrogen) atoms. The van der Waals surface area contributed by atoms with Crippen molar-refractivity contribution < 1.29 is 21.9 Å². The van der Waals surface area contributed by atoms with E-state index in [1.165, 1.54) is 16.1 Å². The van der Waals surface area contributed by atoms with Crippen molar-refractivity contribution >= 4 is 15.7 Å². The second-order valence-corrected chi connectivity index (χ2v) is 13.8. The van der Waals surface area contributed by atoms with Gasteiger partial charge >= 0.3 is 5.56 Å². The van der Waals surface area contributed by atoms with Crippen LogP contribution in [0.1, 0.15) is 33.3 Å². The van der Waals surface area contributed by atoms with Gasteiger partial charge in [-0.05, 0) is 42.9 Å². The highest BCUT2D eigenvalue weighted by Gasteiger charge is 2.56. The maximum Gasteiger partial charge on any atom is 0.316 e. The molecule has 2 heterocycles. The third-order valence-corrected chi connectivity index (χ3v) is 10.1. The summed E-state index contributed by atoms with van der Waals surface area (Å²) in [5.74, 6) is -1.26. The molecule has 1 aromatic heterocycles. The predicted molar refractivity (Wildman–Crippen MR) is 158 cm³/mol. The number of hydrogen-bond donors (Lipinski definition) is 0. The molecule has 2 aromatic carbocycles. The third kappa shape index (κ3) is 6.27. The minimum Gasteiger partial charge on any atom is -0.486 e. The van der Waals surface area contributed by atoms with Gasteiger partial charge in [0.15, 0.2) is 0 Å². The minimum atomic E-state index is -3.54. The largest absolute Gasteiger partial charge is 0.486 e. The van der Waals surface area contributed by atoms with E-state index >= 15 is 0 Å². The van der Waals surface area contributed by atoms with E-state index in [0.29, 0.717) is 30.3 Å². The van der Waals surface area contributed by atoms with Gasteiger partial charge in [0.25, 0.3) is 0 Å². The van der Waals surface area contributed by atoms with Crippen molar-refractivity contribution in [3.63, 3.8) is 0 Å². The van der Waals surface area contributed by atoms with Crippen molar-refractivity contribution in [3.05, 3.63) is 93.9 Å². The Morgan fingerprint density at radius 3 is 2.31 bits per heavy atom. The molecular formula is C31H36F2N4O4S. The zero-order chi connectivity index (χ0) is 30.2. The molecule has 2 aliphatic rings. The number of piperazine rings is 1. The molecule has 0 N–H and O–H groups in total. The lowest BCUT2D eigenvalue weighted by Gasteiger charge is -2.35. The summed E-state index contributed by atoms with van der Waals surface area (Å²) in [6, 6.07) is 11.8. The molecule has 224 valence electrons. The molecule has 0 spiro atoms.